The number of carbonyl (C=O) groups excluding carboxylic acids is 1. The number of carbonyl (C=O) groups is 1. The van der Waals surface area contributed by atoms with Gasteiger partial charge in [0.1, 0.15) is 6.61 Å². The SMILES string of the molecule is C=CCOC(=O)N1CC1c1ccccc1. The number of benzene rings is 1. The molecule has 1 aromatic carbocycles. The fraction of sp³-hybridized carbons (Fsp3) is 0.250. The van der Waals surface area contributed by atoms with Crippen LogP contribution in [-0.4, -0.2) is 24.1 Å². The molecular weight excluding hydrogens is 190 g/mol. The lowest BCUT2D eigenvalue weighted by Gasteiger charge is -2.04. The predicted octanol–water partition coefficient (Wildman–Crippen LogP) is 2.37. The third-order valence-corrected chi connectivity index (χ3v) is 2.36. The molecule has 1 heterocycles. The summed E-state index contributed by atoms with van der Waals surface area (Å²) in [6, 6.07) is 10.1. The summed E-state index contributed by atoms with van der Waals surface area (Å²) < 4.78 is 4.94. The van der Waals surface area contributed by atoms with Crippen LogP contribution in [0.3, 0.4) is 0 Å². The largest absolute Gasteiger partial charge is 0.445 e. The Hall–Kier alpha value is -1.77. The lowest BCUT2D eigenvalue weighted by molar-refractivity contribution is 0.140. The Morgan fingerprint density at radius 3 is 2.93 bits per heavy atom. The van der Waals surface area contributed by atoms with Gasteiger partial charge in [-0.3, -0.25) is 4.90 Å². The van der Waals surface area contributed by atoms with E-state index < -0.39 is 0 Å². The minimum Gasteiger partial charge on any atom is -0.445 e. The third kappa shape index (κ3) is 2.18. The van der Waals surface area contributed by atoms with Crippen LogP contribution in [0.25, 0.3) is 0 Å². The average Bonchev–Trinajstić information content (AvgIpc) is 3.07. The number of rotatable bonds is 3. The normalized spacial score (nSPS) is 18.4. The molecule has 1 aliphatic rings. The van der Waals surface area contributed by atoms with Crippen LogP contribution < -0.4 is 0 Å². The zero-order valence-electron chi connectivity index (χ0n) is 8.43. The van der Waals surface area contributed by atoms with Gasteiger partial charge in [-0.25, -0.2) is 4.79 Å². The van der Waals surface area contributed by atoms with E-state index in [4.69, 9.17) is 4.74 Å². The second kappa shape index (κ2) is 4.17. The fourth-order valence-corrected chi connectivity index (χ4v) is 1.51. The van der Waals surface area contributed by atoms with E-state index in [0.717, 1.165) is 12.1 Å². The first-order valence-corrected chi connectivity index (χ1v) is 4.92. The van der Waals surface area contributed by atoms with Crippen LogP contribution in [0, 0.1) is 0 Å². The minimum absolute atomic E-state index is 0.198. The van der Waals surface area contributed by atoms with Crippen molar-refractivity contribution < 1.29 is 9.53 Å². The van der Waals surface area contributed by atoms with Crippen LogP contribution in [-0.2, 0) is 4.74 Å². The summed E-state index contributed by atoms with van der Waals surface area (Å²) in [4.78, 5) is 13.1. The summed E-state index contributed by atoms with van der Waals surface area (Å²) in [5.74, 6) is 0. The predicted molar refractivity (Wildman–Crippen MR) is 57.4 cm³/mol. The highest BCUT2D eigenvalue weighted by molar-refractivity contribution is 5.71. The van der Waals surface area contributed by atoms with E-state index in [2.05, 4.69) is 6.58 Å². The first-order valence-electron chi connectivity index (χ1n) is 4.92. The summed E-state index contributed by atoms with van der Waals surface area (Å²) in [6.07, 6.45) is 1.31. The molecule has 1 fully saturated rings. The third-order valence-electron chi connectivity index (χ3n) is 2.36. The van der Waals surface area contributed by atoms with Crippen molar-refractivity contribution in [1.82, 2.24) is 4.90 Å². The molecule has 0 N–H and O–H groups in total. The van der Waals surface area contributed by atoms with Crippen LogP contribution in [0.15, 0.2) is 43.0 Å². The van der Waals surface area contributed by atoms with E-state index in [1.54, 1.807) is 11.0 Å². The number of nitrogens with zero attached hydrogens (tertiary/aromatic N) is 1. The molecule has 1 aliphatic heterocycles. The molecule has 78 valence electrons. The molecule has 2 rings (SSSR count). The molecule has 0 aromatic heterocycles. The van der Waals surface area contributed by atoms with Crippen molar-refractivity contribution in [2.75, 3.05) is 13.2 Å². The maximum absolute atomic E-state index is 11.4. The van der Waals surface area contributed by atoms with Gasteiger partial charge >= 0.3 is 6.09 Å². The number of amides is 1. The van der Waals surface area contributed by atoms with Gasteiger partial charge in [-0.1, -0.05) is 43.0 Å². The summed E-state index contributed by atoms with van der Waals surface area (Å²) >= 11 is 0. The molecule has 3 heteroatoms. The molecule has 1 saturated heterocycles. The quantitative estimate of drug-likeness (QED) is 0.557. The van der Waals surface area contributed by atoms with Gasteiger partial charge < -0.3 is 4.74 Å². The second-order valence-corrected chi connectivity index (χ2v) is 3.44. The summed E-state index contributed by atoms with van der Waals surface area (Å²) in [6.45, 7) is 4.52. The Morgan fingerprint density at radius 2 is 2.27 bits per heavy atom. The lowest BCUT2D eigenvalue weighted by atomic mass is 10.2. The highest BCUT2D eigenvalue weighted by Gasteiger charge is 2.40. The van der Waals surface area contributed by atoms with Crippen LogP contribution in [0.1, 0.15) is 11.6 Å². The van der Waals surface area contributed by atoms with Gasteiger partial charge in [0.25, 0.3) is 0 Å². The molecule has 0 saturated carbocycles. The Labute approximate surface area is 89.0 Å². The van der Waals surface area contributed by atoms with Gasteiger partial charge in [-0.2, -0.15) is 0 Å². The van der Waals surface area contributed by atoms with Crippen LogP contribution in [0.4, 0.5) is 4.79 Å². The van der Waals surface area contributed by atoms with Crippen LogP contribution in [0.2, 0.25) is 0 Å². The number of hydrogen-bond donors (Lipinski definition) is 0. The van der Waals surface area contributed by atoms with Crippen molar-refractivity contribution in [1.29, 1.82) is 0 Å². The maximum atomic E-state index is 11.4. The molecule has 0 radical (unpaired) electrons. The van der Waals surface area contributed by atoms with Crippen molar-refractivity contribution in [3.8, 4) is 0 Å². The van der Waals surface area contributed by atoms with Gasteiger partial charge in [-0.05, 0) is 5.56 Å². The number of hydrogen-bond acceptors (Lipinski definition) is 2. The van der Waals surface area contributed by atoms with E-state index in [-0.39, 0.29) is 18.7 Å². The maximum Gasteiger partial charge on any atom is 0.410 e. The monoisotopic (exact) mass is 203 g/mol. The molecule has 1 amide bonds. The van der Waals surface area contributed by atoms with Crippen LogP contribution >= 0.6 is 0 Å². The highest BCUT2D eigenvalue weighted by atomic mass is 16.6. The van der Waals surface area contributed by atoms with Gasteiger partial charge in [0, 0.05) is 6.54 Å². The average molecular weight is 203 g/mol. The fourth-order valence-electron chi connectivity index (χ4n) is 1.51. The zero-order valence-corrected chi connectivity index (χ0v) is 8.43. The lowest BCUT2D eigenvalue weighted by Crippen LogP contribution is -2.13. The van der Waals surface area contributed by atoms with Gasteiger partial charge in [0.2, 0.25) is 0 Å². The van der Waals surface area contributed by atoms with E-state index >= 15 is 0 Å². The molecule has 15 heavy (non-hydrogen) atoms. The molecule has 3 nitrogen and oxygen atoms in total. The molecular formula is C12H13NO2. The number of ether oxygens (including phenoxy) is 1. The molecule has 0 bridgehead atoms. The first-order chi connectivity index (χ1) is 7.33. The van der Waals surface area contributed by atoms with E-state index in [1.165, 1.54) is 0 Å². The van der Waals surface area contributed by atoms with E-state index in [9.17, 15) is 4.79 Å². The van der Waals surface area contributed by atoms with Crippen LogP contribution in [0.5, 0.6) is 0 Å². The Balaban J connectivity index is 1.91. The first kappa shape index (κ1) is 9.77. The molecule has 1 aromatic rings. The van der Waals surface area contributed by atoms with Crippen molar-refractivity contribution >= 4 is 6.09 Å². The summed E-state index contributed by atoms with van der Waals surface area (Å²) in [7, 11) is 0. The standard InChI is InChI=1S/C12H13NO2/c1-2-8-15-12(14)13-9-11(13)10-6-4-3-5-7-10/h2-7,11H,1,8-9H2. The van der Waals surface area contributed by atoms with Gasteiger partial charge in [0.05, 0.1) is 6.04 Å². The van der Waals surface area contributed by atoms with E-state index in [1.807, 2.05) is 30.3 Å². The van der Waals surface area contributed by atoms with Crippen molar-refractivity contribution in [2.24, 2.45) is 0 Å². The summed E-state index contributed by atoms with van der Waals surface area (Å²) in [5, 5.41) is 0. The van der Waals surface area contributed by atoms with Gasteiger partial charge in [-0.15, -0.1) is 0 Å². The molecule has 0 spiro atoms. The van der Waals surface area contributed by atoms with Crippen molar-refractivity contribution in [2.45, 2.75) is 6.04 Å². The Kier molecular flexibility index (Phi) is 2.72. The Morgan fingerprint density at radius 1 is 1.53 bits per heavy atom. The minimum atomic E-state index is -0.260. The van der Waals surface area contributed by atoms with Gasteiger partial charge in [0.15, 0.2) is 0 Å². The van der Waals surface area contributed by atoms with E-state index in [0.29, 0.717) is 0 Å². The van der Waals surface area contributed by atoms with Crippen molar-refractivity contribution in [3.05, 3.63) is 48.6 Å². The Bertz CT molecular complexity index is 361. The molecule has 0 aliphatic carbocycles. The second-order valence-electron chi connectivity index (χ2n) is 3.44. The topological polar surface area (TPSA) is 29.3 Å². The smallest absolute Gasteiger partial charge is 0.410 e. The zero-order chi connectivity index (χ0) is 10.7. The molecule has 1 atom stereocenters. The highest BCUT2D eigenvalue weighted by Crippen LogP contribution is 2.34. The molecule has 1 unspecified atom stereocenters. The summed E-state index contributed by atoms with van der Waals surface area (Å²) in [5.41, 5.74) is 1.16. The van der Waals surface area contributed by atoms with Crippen molar-refractivity contribution in [3.63, 3.8) is 0 Å².